The summed E-state index contributed by atoms with van der Waals surface area (Å²) in [5.41, 5.74) is -0.995. The average molecular weight is 301 g/mol. The number of halogens is 3. The Morgan fingerprint density at radius 1 is 1.00 bits per heavy atom. The Bertz CT molecular complexity index is 725. The molecule has 1 heterocycles. The van der Waals surface area contributed by atoms with Crippen LogP contribution in [0, 0.1) is 0 Å². The molecule has 0 N–H and O–H groups in total. The first-order chi connectivity index (χ1) is 9.19. The second-order valence-corrected chi connectivity index (χ2v) is 6.16. The van der Waals surface area contributed by atoms with Gasteiger partial charge in [-0.05, 0) is 12.1 Å². The van der Waals surface area contributed by atoms with Gasteiger partial charge in [-0.25, -0.2) is 13.4 Å². The Kier molecular flexibility index (Phi) is 3.56. The zero-order chi connectivity index (χ0) is 15.0. The van der Waals surface area contributed by atoms with Crippen molar-refractivity contribution in [2.45, 2.75) is 11.1 Å². The first kappa shape index (κ1) is 14.5. The monoisotopic (exact) mass is 301 g/mol. The van der Waals surface area contributed by atoms with Crippen LogP contribution in [0.1, 0.15) is 5.69 Å². The fraction of sp³-hybridized carbons (Fsp3) is 0.154. The molecular formula is C13H10F3NO2S. The zero-order valence-corrected chi connectivity index (χ0v) is 11.2. The molecule has 0 aliphatic heterocycles. The maximum absolute atomic E-state index is 12.7. The second kappa shape index (κ2) is 4.90. The standard InChI is InChI=1S/C13H10F3NO2S/c1-20(18,19)10-7-8-11(13(14,15)16)17-12(10)9-5-3-2-4-6-9/h2-8H,1H3. The maximum atomic E-state index is 12.7. The zero-order valence-electron chi connectivity index (χ0n) is 10.3. The molecule has 0 saturated heterocycles. The van der Waals surface area contributed by atoms with E-state index in [1.165, 1.54) is 12.1 Å². The van der Waals surface area contributed by atoms with Crippen LogP contribution in [-0.2, 0) is 16.0 Å². The summed E-state index contributed by atoms with van der Waals surface area (Å²) in [6.45, 7) is 0. The Morgan fingerprint density at radius 3 is 2.10 bits per heavy atom. The molecule has 0 spiro atoms. The third-order valence-corrected chi connectivity index (χ3v) is 3.72. The molecule has 106 valence electrons. The van der Waals surface area contributed by atoms with Crippen molar-refractivity contribution in [3.63, 3.8) is 0 Å². The van der Waals surface area contributed by atoms with Crippen molar-refractivity contribution in [3.8, 4) is 11.3 Å². The molecule has 1 aromatic carbocycles. The smallest absolute Gasteiger partial charge is 0.242 e. The minimum Gasteiger partial charge on any atom is -0.242 e. The molecule has 0 bridgehead atoms. The molecule has 0 amide bonds. The highest BCUT2D eigenvalue weighted by molar-refractivity contribution is 7.90. The van der Waals surface area contributed by atoms with Gasteiger partial charge in [0.15, 0.2) is 9.84 Å². The van der Waals surface area contributed by atoms with Crippen LogP contribution in [0.25, 0.3) is 11.3 Å². The van der Waals surface area contributed by atoms with Crippen LogP contribution < -0.4 is 0 Å². The van der Waals surface area contributed by atoms with Gasteiger partial charge in [-0.2, -0.15) is 13.2 Å². The molecule has 0 radical (unpaired) electrons. The van der Waals surface area contributed by atoms with Gasteiger partial charge in [0.2, 0.25) is 0 Å². The predicted molar refractivity (Wildman–Crippen MR) is 67.8 cm³/mol. The third-order valence-electron chi connectivity index (χ3n) is 2.60. The lowest BCUT2D eigenvalue weighted by Gasteiger charge is -2.11. The molecule has 20 heavy (non-hydrogen) atoms. The maximum Gasteiger partial charge on any atom is 0.433 e. The summed E-state index contributed by atoms with van der Waals surface area (Å²) in [7, 11) is -3.67. The van der Waals surface area contributed by atoms with E-state index in [-0.39, 0.29) is 10.6 Å². The lowest BCUT2D eigenvalue weighted by Crippen LogP contribution is -2.11. The number of aromatic nitrogens is 1. The van der Waals surface area contributed by atoms with Gasteiger partial charge in [0, 0.05) is 11.8 Å². The normalized spacial score (nSPS) is 12.4. The molecule has 0 fully saturated rings. The van der Waals surface area contributed by atoms with Crippen LogP contribution in [0.15, 0.2) is 47.4 Å². The quantitative estimate of drug-likeness (QED) is 0.856. The molecule has 2 aromatic rings. The predicted octanol–water partition coefficient (Wildman–Crippen LogP) is 3.17. The fourth-order valence-corrected chi connectivity index (χ4v) is 2.54. The number of alkyl halides is 3. The van der Waals surface area contributed by atoms with Crippen molar-refractivity contribution in [1.29, 1.82) is 0 Å². The molecule has 2 rings (SSSR count). The SMILES string of the molecule is CS(=O)(=O)c1ccc(C(F)(F)F)nc1-c1ccccc1. The van der Waals surface area contributed by atoms with E-state index in [2.05, 4.69) is 4.98 Å². The van der Waals surface area contributed by atoms with Gasteiger partial charge in [0.05, 0.1) is 10.6 Å². The van der Waals surface area contributed by atoms with Crippen molar-refractivity contribution < 1.29 is 21.6 Å². The number of hydrogen-bond donors (Lipinski definition) is 0. The Hall–Kier alpha value is -1.89. The summed E-state index contributed by atoms with van der Waals surface area (Å²) >= 11 is 0. The van der Waals surface area contributed by atoms with E-state index in [0.29, 0.717) is 11.6 Å². The Labute approximate surface area is 114 Å². The van der Waals surface area contributed by atoms with Gasteiger partial charge >= 0.3 is 6.18 Å². The van der Waals surface area contributed by atoms with Gasteiger partial charge < -0.3 is 0 Å². The number of pyridine rings is 1. The van der Waals surface area contributed by atoms with Gasteiger partial charge in [0.1, 0.15) is 5.69 Å². The van der Waals surface area contributed by atoms with Crippen LogP contribution in [0.4, 0.5) is 13.2 Å². The lowest BCUT2D eigenvalue weighted by atomic mass is 10.1. The number of rotatable bonds is 2. The summed E-state index contributed by atoms with van der Waals surface area (Å²) in [5, 5.41) is 0. The van der Waals surface area contributed by atoms with Crippen molar-refractivity contribution in [1.82, 2.24) is 4.98 Å². The summed E-state index contributed by atoms with van der Waals surface area (Å²) in [4.78, 5) is 3.25. The van der Waals surface area contributed by atoms with Crippen LogP contribution in [0.3, 0.4) is 0 Å². The van der Waals surface area contributed by atoms with E-state index in [0.717, 1.165) is 12.3 Å². The molecular weight excluding hydrogens is 291 g/mol. The first-order valence-electron chi connectivity index (χ1n) is 5.53. The number of nitrogens with zero attached hydrogens (tertiary/aromatic N) is 1. The van der Waals surface area contributed by atoms with E-state index in [9.17, 15) is 21.6 Å². The van der Waals surface area contributed by atoms with Crippen molar-refractivity contribution in [2.75, 3.05) is 6.26 Å². The number of benzene rings is 1. The minimum atomic E-state index is -4.63. The highest BCUT2D eigenvalue weighted by Crippen LogP contribution is 2.32. The van der Waals surface area contributed by atoms with Gasteiger partial charge in [-0.1, -0.05) is 30.3 Å². The third kappa shape index (κ3) is 2.98. The molecule has 0 aliphatic carbocycles. The van der Waals surface area contributed by atoms with Crippen LogP contribution in [0.2, 0.25) is 0 Å². The van der Waals surface area contributed by atoms with E-state index in [4.69, 9.17) is 0 Å². The molecule has 3 nitrogen and oxygen atoms in total. The van der Waals surface area contributed by atoms with Gasteiger partial charge in [-0.15, -0.1) is 0 Å². The van der Waals surface area contributed by atoms with Crippen molar-refractivity contribution in [2.24, 2.45) is 0 Å². The molecule has 1 aromatic heterocycles. The number of hydrogen-bond acceptors (Lipinski definition) is 3. The van der Waals surface area contributed by atoms with Gasteiger partial charge in [0.25, 0.3) is 0 Å². The summed E-state index contributed by atoms with van der Waals surface area (Å²) in [5.74, 6) is 0. The summed E-state index contributed by atoms with van der Waals surface area (Å²) < 4.78 is 61.4. The molecule has 0 saturated carbocycles. The fourth-order valence-electron chi connectivity index (χ4n) is 1.71. The second-order valence-electron chi connectivity index (χ2n) is 4.18. The van der Waals surface area contributed by atoms with Crippen LogP contribution in [0.5, 0.6) is 0 Å². The van der Waals surface area contributed by atoms with E-state index < -0.39 is 21.7 Å². The van der Waals surface area contributed by atoms with Crippen molar-refractivity contribution in [3.05, 3.63) is 48.2 Å². The van der Waals surface area contributed by atoms with Crippen LogP contribution >= 0.6 is 0 Å². The highest BCUT2D eigenvalue weighted by Gasteiger charge is 2.33. The highest BCUT2D eigenvalue weighted by atomic mass is 32.2. The molecule has 7 heteroatoms. The molecule has 0 unspecified atom stereocenters. The summed E-state index contributed by atoms with van der Waals surface area (Å²) in [6.07, 6.45) is -3.69. The van der Waals surface area contributed by atoms with Gasteiger partial charge in [-0.3, -0.25) is 0 Å². The lowest BCUT2D eigenvalue weighted by molar-refractivity contribution is -0.141. The Morgan fingerprint density at radius 2 is 1.60 bits per heavy atom. The topological polar surface area (TPSA) is 47.0 Å². The van der Waals surface area contributed by atoms with E-state index in [1.54, 1.807) is 18.2 Å². The van der Waals surface area contributed by atoms with E-state index in [1.807, 2.05) is 0 Å². The largest absolute Gasteiger partial charge is 0.433 e. The van der Waals surface area contributed by atoms with Crippen molar-refractivity contribution >= 4 is 9.84 Å². The average Bonchev–Trinajstić information content (AvgIpc) is 2.37. The first-order valence-corrected chi connectivity index (χ1v) is 7.42. The van der Waals surface area contributed by atoms with E-state index >= 15 is 0 Å². The number of sulfone groups is 1. The molecule has 0 aliphatic rings. The Balaban J connectivity index is 2.74. The molecule has 0 atom stereocenters. The summed E-state index contributed by atoms with van der Waals surface area (Å²) in [6, 6.07) is 9.51. The van der Waals surface area contributed by atoms with Crippen LogP contribution in [-0.4, -0.2) is 19.7 Å². The minimum absolute atomic E-state index is 0.192.